The normalized spacial score (nSPS) is 13.7. The summed E-state index contributed by atoms with van der Waals surface area (Å²) in [7, 11) is -3.90. The number of carbonyl (C=O) groups excluding carboxylic acids is 2. The minimum Gasteiger partial charge on any atom is -0.465 e. The van der Waals surface area contributed by atoms with Crippen molar-refractivity contribution in [2.75, 3.05) is 5.32 Å². The number of hydrogen-bond donors (Lipinski definition) is 3. The van der Waals surface area contributed by atoms with Crippen LogP contribution in [0.3, 0.4) is 0 Å². The monoisotopic (exact) mass is 534 g/mol. The molecule has 10 nitrogen and oxygen atoms in total. The molecule has 2 aromatic heterocycles. The smallest absolute Gasteiger partial charge is 0.409 e. The number of amides is 2. The van der Waals surface area contributed by atoms with Gasteiger partial charge in [0.15, 0.2) is 5.78 Å². The van der Waals surface area contributed by atoms with Gasteiger partial charge in [-0.2, -0.15) is 0 Å². The van der Waals surface area contributed by atoms with Gasteiger partial charge in [-0.05, 0) is 42.0 Å². The summed E-state index contributed by atoms with van der Waals surface area (Å²) in [5.41, 5.74) is 1.55. The predicted molar refractivity (Wildman–Crippen MR) is 135 cm³/mol. The fourth-order valence-corrected chi connectivity index (χ4v) is 6.45. The van der Waals surface area contributed by atoms with Crippen LogP contribution in [0.25, 0.3) is 10.7 Å². The number of carbonyl (C=O) groups is 3. The molecule has 0 saturated carbocycles. The zero-order chi connectivity index (χ0) is 26.2. The second kappa shape index (κ2) is 9.56. The number of sulfone groups is 1. The number of hydrogen-bond acceptors (Lipinski definition) is 8. The maximum absolute atomic E-state index is 13.1. The average molecular weight is 535 g/mol. The molecule has 1 aliphatic rings. The van der Waals surface area contributed by atoms with Gasteiger partial charge >= 0.3 is 6.09 Å². The molecule has 0 spiro atoms. The van der Waals surface area contributed by atoms with Crippen molar-refractivity contribution >= 4 is 44.6 Å². The maximum atomic E-state index is 13.1. The van der Waals surface area contributed by atoms with Crippen LogP contribution in [0.15, 0.2) is 76.8 Å². The second-order valence-electron chi connectivity index (χ2n) is 8.10. The largest absolute Gasteiger partial charge is 0.465 e. The van der Waals surface area contributed by atoms with E-state index in [1.54, 1.807) is 30.5 Å². The van der Waals surface area contributed by atoms with Crippen molar-refractivity contribution in [1.29, 1.82) is 0 Å². The molecule has 3 heterocycles. The lowest BCUT2D eigenvalue weighted by Gasteiger charge is -2.09. The topological polar surface area (TPSA) is 155 Å². The highest BCUT2D eigenvalue weighted by Gasteiger charge is 2.31. The number of aromatic nitrogens is 2. The Labute approximate surface area is 215 Å². The van der Waals surface area contributed by atoms with Crippen LogP contribution in [0.2, 0.25) is 0 Å². The van der Waals surface area contributed by atoms with E-state index >= 15 is 0 Å². The van der Waals surface area contributed by atoms with E-state index in [0.29, 0.717) is 16.4 Å². The zero-order valence-corrected chi connectivity index (χ0v) is 20.6. The molecule has 2 amide bonds. The second-order valence-corrected chi connectivity index (χ2v) is 11.1. The third-order valence-corrected chi connectivity index (χ3v) is 8.58. The van der Waals surface area contributed by atoms with Crippen molar-refractivity contribution in [3.05, 3.63) is 88.6 Å². The molecule has 0 bridgehead atoms. The lowest BCUT2D eigenvalue weighted by molar-refractivity contribution is 0.0948. The quantitative estimate of drug-likeness (QED) is 0.349. The van der Waals surface area contributed by atoms with E-state index in [1.807, 2.05) is 0 Å². The fraction of sp³-hybridized carbons (Fsp3) is 0.0800. The van der Waals surface area contributed by atoms with Crippen LogP contribution >= 0.6 is 11.3 Å². The van der Waals surface area contributed by atoms with Crippen LogP contribution < -0.4 is 10.6 Å². The maximum Gasteiger partial charge on any atom is 0.409 e. The van der Waals surface area contributed by atoms with E-state index in [9.17, 15) is 22.8 Å². The summed E-state index contributed by atoms with van der Waals surface area (Å²) in [4.78, 5) is 45.5. The van der Waals surface area contributed by atoms with Crippen LogP contribution in [0, 0.1) is 0 Å². The summed E-state index contributed by atoms with van der Waals surface area (Å²) >= 11 is 1.31. The molecule has 5 rings (SSSR count). The highest BCUT2D eigenvalue weighted by molar-refractivity contribution is 7.91. The van der Waals surface area contributed by atoms with Gasteiger partial charge in [0.2, 0.25) is 9.84 Å². The SMILES string of the molecule is O=C(O)Nc1ccc(-c2ncc(CNC(=O)c3ccc4c(c3)CC(=O)c3ccccc3S4(=O)=O)s2)nc1. The Hall–Kier alpha value is -4.42. The summed E-state index contributed by atoms with van der Waals surface area (Å²) in [6, 6.07) is 13.6. The van der Waals surface area contributed by atoms with Crippen molar-refractivity contribution in [2.45, 2.75) is 22.8 Å². The number of nitrogens with zero attached hydrogens (tertiary/aromatic N) is 2. The number of pyridine rings is 1. The minimum atomic E-state index is -3.90. The van der Waals surface area contributed by atoms with E-state index in [-0.39, 0.29) is 45.2 Å². The van der Waals surface area contributed by atoms with Gasteiger partial charge in [-0.1, -0.05) is 18.2 Å². The van der Waals surface area contributed by atoms with E-state index in [4.69, 9.17) is 5.11 Å². The van der Waals surface area contributed by atoms with Gasteiger partial charge in [-0.3, -0.25) is 19.9 Å². The molecule has 0 atom stereocenters. The molecular formula is C25H18N4O6S2. The number of carboxylic acid groups (broad SMARTS) is 1. The van der Waals surface area contributed by atoms with Crippen LogP contribution in [0.4, 0.5) is 10.5 Å². The lowest BCUT2D eigenvalue weighted by Crippen LogP contribution is -2.22. The van der Waals surface area contributed by atoms with Crippen LogP contribution in [0.5, 0.6) is 0 Å². The standard InChI is InChI=1S/C25H18N4O6S2/c30-20-10-15-9-14(5-8-21(15)37(34,35)22-4-2-1-3-18(20)22)23(31)27-12-17-13-28-24(36-17)19-7-6-16(11-26-19)29-25(32)33/h1-9,11,13,29H,10,12H2,(H,27,31)(H,32,33). The number of rotatable bonds is 5. The molecule has 4 aromatic rings. The highest BCUT2D eigenvalue weighted by Crippen LogP contribution is 2.32. The molecule has 0 aliphatic carbocycles. The van der Waals surface area contributed by atoms with Gasteiger partial charge < -0.3 is 10.4 Å². The molecule has 2 aromatic carbocycles. The van der Waals surface area contributed by atoms with Crippen LogP contribution in [-0.2, 0) is 22.8 Å². The Bertz CT molecular complexity index is 1660. The molecule has 12 heteroatoms. The minimum absolute atomic E-state index is 0.0199. The summed E-state index contributed by atoms with van der Waals surface area (Å²) in [5.74, 6) is -0.750. The van der Waals surface area contributed by atoms with Gasteiger partial charge in [0.05, 0.1) is 33.9 Å². The number of nitrogens with one attached hydrogen (secondary N) is 2. The number of ketones is 1. The van der Waals surface area contributed by atoms with Gasteiger partial charge in [0.1, 0.15) is 5.01 Å². The Morgan fingerprint density at radius 3 is 2.57 bits per heavy atom. The first kappa shape index (κ1) is 24.3. The fourth-order valence-electron chi connectivity index (χ4n) is 3.93. The molecule has 0 fully saturated rings. The number of Topliss-reactive ketones (excluding diaryl/α,β-unsaturated/α-hetero) is 1. The molecular weight excluding hydrogens is 516 g/mol. The number of fused-ring (bicyclic) bond motifs is 2. The molecule has 3 N–H and O–H groups in total. The van der Waals surface area contributed by atoms with Gasteiger partial charge in [-0.15, -0.1) is 11.3 Å². The van der Waals surface area contributed by atoms with Gasteiger partial charge in [-0.25, -0.2) is 18.2 Å². The number of thiazole rings is 1. The molecule has 0 unspecified atom stereocenters. The summed E-state index contributed by atoms with van der Waals surface area (Å²) in [5, 5.41) is 14.3. The van der Waals surface area contributed by atoms with Gasteiger partial charge in [0, 0.05) is 28.6 Å². The van der Waals surface area contributed by atoms with Crippen LogP contribution in [-0.4, -0.2) is 41.3 Å². The summed E-state index contributed by atoms with van der Waals surface area (Å²) in [6.07, 6.45) is 1.67. The number of benzene rings is 2. The van der Waals surface area contributed by atoms with Crippen molar-refractivity contribution < 1.29 is 27.9 Å². The third kappa shape index (κ3) is 4.84. The highest BCUT2D eigenvalue weighted by atomic mass is 32.2. The van der Waals surface area contributed by atoms with Crippen molar-refractivity contribution in [3.63, 3.8) is 0 Å². The van der Waals surface area contributed by atoms with E-state index in [0.717, 1.165) is 4.88 Å². The molecule has 0 radical (unpaired) electrons. The molecule has 186 valence electrons. The first-order chi connectivity index (χ1) is 17.7. The van der Waals surface area contributed by atoms with Crippen LogP contribution in [0.1, 0.15) is 31.2 Å². The Balaban J connectivity index is 1.30. The molecule has 0 saturated heterocycles. The van der Waals surface area contributed by atoms with Gasteiger partial charge in [0.25, 0.3) is 5.91 Å². The third-order valence-electron chi connectivity index (χ3n) is 5.65. The van der Waals surface area contributed by atoms with Crippen molar-refractivity contribution in [2.24, 2.45) is 0 Å². The molecule has 1 aliphatic heterocycles. The molecule has 37 heavy (non-hydrogen) atoms. The first-order valence-corrected chi connectivity index (χ1v) is 13.2. The van der Waals surface area contributed by atoms with E-state index < -0.39 is 21.8 Å². The summed E-state index contributed by atoms with van der Waals surface area (Å²) < 4.78 is 26.3. The zero-order valence-electron chi connectivity index (χ0n) is 19.0. The van der Waals surface area contributed by atoms with E-state index in [2.05, 4.69) is 20.6 Å². The Kier molecular flexibility index (Phi) is 6.27. The van der Waals surface area contributed by atoms with E-state index in [1.165, 1.54) is 47.9 Å². The lowest BCUT2D eigenvalue weighted by atomic mass is 10.0. The average Bonchev–Trinajstić information content (AvgIpc) is 3.33. The summed E-state index contributed by atoms with van der Waals surface area (Å²) in [6.45, 7) is 0.176. The first-order valence-electron chi connectivity index (χ1n) is 10.9. The Morgan fingerprint density at radius 1 is 1.00 bits per heavy atom. The van der Waals surface area contributed by atoms with Crippen molar-refractivity contribution in [3.8, 4) is 10.7 Å². The Morgan fingerprint density at radius 2 is 1.81 bits per heavy atom. The van der Waals surface area contributed by atoms with Crippen molar-refractivity contribution in [1.82, 2.24) is 15.3 Å². The number of anilines is 1. The predicted octanol–water partition coefficient (Wildman–Crippen LogP) is 3.80.